The maximum atomic E-state index is 6.07. The van der Waals surface area contributed by atoms with Crippen molar-refractivity contribution in [1.82, 2.24) is 9.88 Å². The molecule has 1 aliphatic rings. The van der Waals surface area contributed by atoms with E-state index < -0.39 is 0 Å². The van der Waals surface area contributed by atoms with E-state index in [0.717, 1.165) is 51.5 Å². The van der Waals surface area contributed by atoms with Gasteiger partial charge in [-0.1, -0.05) is 58.4 Å². The second-order valence-corrected chi connectivity index (χ2v) is 9.17. The zero-order valence-electron chi connectivity index (χ0n) is 14.7. The number of thiazole rings is 1. The van der Waals surface area contributed by atoms with Gasteiger partial charge in [-0.05, 0) is 36.2 Å². The number of amidine groups is 1. The molecule has 4 rings (SSSR count). The predicted molar refractivity (Wildman–Crippen MR) is 120 cm³/mol. The Labute approximate surface area is 176 Å². The standard InChI is InChI=1S/C19H18Cl2N4S2/c1-25-8-9-26-19(25)23-13-4-2-12(3-5-13)6-7-22-18-24-16-10-14(20)15(21)11-17(16)27-18/h2-5,10-11H,6-9H2,1H3,(H,22,24). The summed E-state index contributed by atoms with van der Waals surface area (Å²) >= 11 is 15.5. The topological polar surface area (TPSA) is 40.5 Å². The van der Waals surface area contributed by atoms with Crippen molar-refractivity contribution in [2.75, 3.05) is 31.2 Å². The van der Waals surface area contributed by atoms with Gasteiger partial charge in [0.05, 0.1) is 25.9 Å². The maximum absolute atomic E-state index is 6.07. The fourth-order valence-corrected chi connectivity index (χ4v) is 5.09. The molecule has 0 atom stereocenters. The molecule has 0 unspecified atom stereocenters. The van der Waals surface area contributed by atoms with Crippen molar-refractivity contribution >= 4 is 72.5 Å². The smallest absolute Gasteiger partial charge is 0.183 e. The van der Waals surface area contributed by atoms with Crippen molar-refractivity contribution < 1.29 is 0 Å². The van der Waals surface area contributed by atoms with Gasteiger partial charge in [-0.25, -0.2) is 9.98 Å². The number of nitrogens with zero attached hydrogens (tertiary/aromatic N) is 3. The summed E-state index contributed by atoms with van der Waals surface area (Å²) in [5, 5.41) is 6.46. The summed E-state index contributed by atoms with van der Waals surface area (Å²) in [5.74, 6) is 1.11. The molecule has 0 bridgehead atoms. The van der Waals surface area contributed by atoms with E-state index in [4.69, 9.17) is 28.2 Å². The predicted octanol–water partition coefficient (Wildman–Crippen LogP) is 5.92. The third kappa shape index (κ3) is 4.51. The summed E-state index contributed by atoms with van der Waals surface area (Å²) < 4.78 is 1.03. The molecule has 8 heteroatoms. The molecule has 2 heterocycles. The highest BCUT2D eigenvalue weighted by molar-refractivity contribution is 8.14. The van der Waals surface area contributed by atoms with Gasteiger partial charge in [-0.15, -0.1) is 0 Å². The van der Waals surface area contributed by atoms with Gasteiger partial charge in [0.15, 0.2) is 10.3 Å². The highest BCUT2D eigenvalue weighted by Gasteiger charge is 2.14. The van der Waals surface area contributed by atoms with Crippen LogP contribution >= 0.6 is 46.3 Å². The monoisotopic (exact) mass is 436 g/mol. The molecular formula is C19H18Cl2N4S2. The molecule has 1 N–H and O–H groups in total. The van der Waals surface area contributed by atoms with Crippen molar-refractivity contribution in [3.05, 3.63) is 52.0 Å². The first-order chi connectivity index (χ1) is 13.1. The van der Waals surface area contributed by atoms with Gasteiger partial charge >= 0.3 is 0 Å². The number of benzene rings is 2. The molecule has 140 valence electrons. The molecule has 0 aliphatic carbocycles. The summed E-state index contributed by atoms with van der Waals surface area (Å²) in [6, 6.07) is 12.1. The summed E-state index contributed by atoms with van der Waals surface area (Å²) in [4.78, 5) is 11.5. The number of aliphatic imine (C=N–C) groups is 1. The molecule has 0 saturated carbocycles. The van der Waals surface area contributed by atoms with E-state index in [9.17, 15) is 0 Å². The largest absolute Gasteiger partial charge is 0.361 e. The number of nitrogens with one attached hydrogen (secondary N) is 1. The van der Waals surface area contributed by atoms with E-state index in [1.54, 1.807) is 17.4 Å². The average Bonchev–Trinajstić information content (AvgIpc) is 3.23. The zero-order chi connectivity index (χ0) is 18.8. The van der Waals surface area contributed by atoms with E-state index in [1.165, 1.54) is 5.56 Å². The van der Waals surface area contributed by atoms with Crippen LogP contribution in [0.2, 0.25) is 10.0 Å². The molecule has 1 fully saturated rings. The zero-order valence-corrected chi connectivity index (χ0v) is 17.9. The number of hydrogen-bond acceptors (Lipinski definition) is 5. The number of thioether (sulfide) groups is 1. The number of hydrogen-bond donors (Lipinski definition) is 1. The normalized spacial score (nSPS) is 15.8. The third-order valence-electron chi connectivity index (χ3n) is 4.27. The van der Waals surface area contributed by atoms with Crippen molar-refractivity contribution in [3.63, 3.8) is 0 Å². The molecular weight excluding hydrogens is 419 g/mol. The minimum Gasteiger partial charge on any atom is -0.361 e. The highest BCUT2D eigenvalue weighted by atomic mass is 35.5. The van der Waals surface area contributed by atoms with Crippen LogP contribution in [-0.4, -0.2) is 40.9 Å². The molecule has 1 aliphatic heterocycles. The molecule has 3 aromatic rings. The Kier molecular flexibility index (Phi) is 5.78. The van der Waals surface area contributed by atoms with Gasteiger partial charge in [0.2, 0.25) is 0 Å². The van der Waals surface area contributed by atoms with Crippen molar-refractivity contribution in [3.8, 4) is 0 Å². The second kappa shape index (κ2) is 8.27. The molecule has 2 aromatic carbocycles. The number of rotatable bonds is 5. The highest BCUT2D eigenvalue weighted by Crippen LogP contribution is 2.33. The lowest BCUT2D eigenvalue weighted by molar-refractivity contribution is 0.563. The van der Waals surface area contributed by atoms with E-state index in [1.807, 2.05) is 17.8 Å². The molecule has 1 saturated heterocycles. The summed E-state index contributed by atoms with van der Waals surface area (Å²) in [5.41, 5.74) is 3.14. The van der Waals surface area contributed by atoms with Gasteiger partial charge in [-0.3, -0.25) is 0 Å². The van der Waals surface area contributed by atoms with Crippen LogP contribution in [0.4, 0.5) is 10.8 Å². The Morgan fingerprint density at radius 3 is 2.70 bits per heavy atom. The molecule has 0 radical (unpaired) electrons. The Morgan fingerprint density at radius 1 is 1.19 bits per heavy atom. The fourth-order valence-electron chi connectivity index (χ4n) is 2.76. The van der Waals surface area contributed by atoms with Crippen molar-refractivity contribution in [1.29, 1.82) is 0 Å². The first-order valence-electron chi connectivity index (χ1n) is 8.59. The van der Waals surface area contributed by atoms with Crippen LogP contribution in [0.1, 0.15) is 5.56 Å². The average molecular weight is 437 g/mol. The van der Waals surface area contributed by atoms with Crippen LogP contribution in [0.3, 0.4) is 0 Å². The first kappa shape index (κ1) is 18.9. The second-order valence-electron chi connectivity index (χ2n) is 6.26. The van der Waals surface area contributed by atoms with Crippen molar-refractivity contribution in [2.24, 2.45) is 4.99 Å². The minimum atomic E-state index is 0.534. The number of fused-ring (bicyclic) bond motifs is 1. The minimum absolute atomic E-state index is 0.534. The molecule has 1 aromatic heterocycles. The molecule has 0 spiro atoms. The van der Waals surface area contributed by atoms with Crippen LogP contribution in [0.5, 0.6) is 0 Å². The van der Waals surface area contributed by atoms with Gasteiger partial charge in [0.1, 0.15) is 0 Å². The number of anilines is 1. The molecule has 4 nitrogen and oxygen atoms in total. The summed E-state index contributed by atoms with van der Waals surface area (Å²) in [6.07, 6.45) is 0.920. The van der Waals surface area contributed by atoms with Crippen molar-refractivity contribution in [2.45, 2.75) is 6.42 Å². The number of halogens is 2. The van der Waals surface area contributed by atoms with Crippen LogP contribution in [-0.2, 0) is 6.42 Å². The SMILES string of the molecule is CN1CCSC1=Nc1ccc(CCNc2nc3cc(Cl)c(Cl)cc3s2)cc1. The quantitative estimate of drug-likeness (QED) is 0.538. The van der Waals surface area contributed by atoms with Crippen LogP contribution in [0, 0.1) is 0 Å². The lowest BCUT2D eigenvalue weighted by atomic mass is 10.1. The Hall–Kier alpha value is -1.47. The maximum Gasteiger partial charge on any atom is 0.183 e. The van der Waals surface area contributed by atoms with E-state index >= 15 is 0 Å². The number of aromatic nitrogens is 1. The third-order valence-corrected chi connectivity index (χ3v) is 7.01. The van der Waals surface area contributed by atoms with Gasteiger partial charge in [-0.2, -0.15) is 0 Å². The van der Waals surface area contributed by atoms with E-state index in [0.29, 0.717) is 10.0 Å². The Morgan fingerprint density at radius 2 is 1.96 bits per heavy atom. The van der Waals surface area contributed by atoms with Gasteiger partial charge in [0.25, 0.3) is 0 Å². The molecule has 0 amide bonds. The molecule has 27 heavy (non-hydrogen) atoms. The summed E-state index contributed by atoms with van der Waals surface area (Å²) in [6.45, 7) is 1.88. The van der Waals surface area contributed by atoms with E-state index in [2.05, 4.69) is 46.5 Å². The lowest BCUT2D eigenvalue weighted by Crippen LogP contribution is -2.17. The first-order valence-corrected chi connectivity index (χ1v) is 11.2. The Balaban J connectivity index is 1.35. The van der Waals surface area contributed by atoms with Gasteiger partial charge in [0, 0.05) is 25.9 Å². The lowest BCUT2D eigenvalue weighted by Gasteiger charge is -2.09. The van der Waals surface area contributed by atoms with Crippen LogP contribution in [0.25, 0.3) is 10.2 Å². The van der Waals surface area contributed by atoms with E-state index in [-0.39, 0.29) is 0 Å². The fraction of sp³-hybridized carbons (Fsp3) is 0.263. The van der Waals surface area contributed by atoms with Crippen LogP contribution in [0.15, 0.2) is 41.4 Å². The van der Waals surface area contributed by atoms with Crippen LogP contribution < -0.4 is 5.32 Å². The Bertz CT molecular complexity index is 946. The van der Waals surface area contributed by atoms with Gasteiger partial charge < -0.3 is 10.2 Å². The summed E-state index contributed by atoms with van der Waals surface area (Å²) in [7, 11) is 2.09.